The van der Waals surface area contributed by atoms with Gasteiger partial charge in [0.2, 0.25) is 5.91 Å². The molecule has 1 unspecified atom stereocenters. The van der Waals surface area contributed by atoms with Crippen LogP contribution in [-0.2, 0) is 4.79 Å². The van der Waals surface area contributed by atoms with E-state index in [1.165, 1.54) is 6.07 Å². The van der Waals surface area contributed by atoms with E-state index < -0.39 is 0 Å². The zero-order chi connectivity index (χ0) is 16.0. The summed E-state index contributed by atoms with van der Waals surface area (Å²) in [6.45, 7) is 5.30. The van der Waals surface area contributed by atoms with E-state index in [2.05, 4.69) is 10.6 Å². The zero-order valence-electron chi connectivity index (χ0n) is 12.4. The number of hydrogen-bond acceptors (Lipinski definition) is 3. The Bertz CT molecular complexity index is 514. The van der Waals surface area contributed by atoms with Crippen LogP contribution in [0.25, 0.3) is 0 Å². The van der Waals surface area contributed by atoms with Crippen LogP contribution in [-0.4, -0.2) is 29.6 Å². The molecule has 1 aromatic rings. The van der Waals surface area contributed by atoms with Gasteiger partial charge in [-0.3, -0.25) is 9.59 Å². The van der Waals surface area contributed by atoms with Crippen molar-refractivity contribution in [1.29, 1.82) is 0 Å². The predicted octanol–water partition coefficient (Wildman–Crippen LogP) is 2.44. The minimum Gasteiger partial charge on any atom is -0.394 e. The Kier molecular flexibility index (Phi) is 6.65. The normalized spacial score (nSPS) is 12.1. The van der Waals surface area contributed by atoms with Crippen molar-refractivity contribution >= 4 is 29.1 Å². The molecule has 0 radical (unpaired) electrons. The third kappa shape index (κ3) is 5.02. The lowest BCUT2D eigenvalue weighted by atomic mass is 10.1. The number of carbonyl (C=O) groups is 2. The molecular weight excluding hydrogens is 292 g/mol. The van der Waals surface area contributed by atoms with Crippen LogP contribution in [0.3, 0.4) is 0 Å². The zero-order valence-corrected chi connectivity index (χ0v) is 13.2. The number of aliphatic hydroxyl groups is 1. The van der Waals surface area contributed by atoms with Crippen molar-refractivity contribution in [1.82, 2.24) is 5.32 Å². The van der Waals surface area contributed by atoms with Gasteiger partial charge in [-0.2, -0.15) is 0 Å². The number of carbonyl (C=O) groups excluding carboxylic acids is 2. The molecule has 6 heteroatoms. The molecule has 0 bridgehead atoms. The molecule has 1 atom stereocenters. The summed E-state index contributed by atoms with van der Waals surface area (Å²) in [4.78, 5) is 23.8. The van der Waals surface area contributed by atoms with Crippen LogP contribution in [0.2, 0.25) is 5.02 Å². The lowest BCUT2D eigenvalue weighted by molar-refractivity contribution is -0.118. The Balaban J connectivity index is 2.91. The van der Waals surface area contributed by atoms with Gasteiger partial charge >= 0.3 is 0 Å². The van der Waals surface area contributed by atoms with Crippen LogP contribution < -0.4 is 10.6 Å². The SMILES string of the molecule is CCC(CO)NC(=O)c1cc(NC(=O)C(C)C)ccc1Cl. The number of amides is 2. The van der Waals surface area contributed by atoms with Crippen molar-refractivity contribution in [2.75, 3.05) is 11.9 Å². The van der Waals surface area contributed by atoms with Crippen molar-refractivity contribution < 1.29 is 14.7 Å². The molecule has 0 aliphatic rings. The highest BCUT2D eigenvalue weighted by atomic mass is 35.5. The average molecular weight is 313 g/mol. The summed E-state index contributed by atoms with van der Waals surface area (Å²) >= 11 is 6.02. The Labute approximate surface area is 129 Å². The fourth-order valence-corrected chi connectivity index (χ4v) is 1.81. The topological polar surface area (TPSA) is 78.4 Å². The second-order valence-corrected chi connectivity index (χ2v) is 5.51. The number of nitrogens with one attached hydrogen (secondary N) is 2. The van der Waals surface area contributed by atoms with E-state index in [9.17, 15) is 9.59 Å². The molecule has 0 fully saturated rings. The van der Waals surface area contributed by atoms with Crippen molar-refractivity contribution in [2.24, 2.45) is 5.92 Å². The highest BCUT2D eigenvalue weighted by molar-refractivity contribution is 6.34. The number of hydrogen-bond donors (Lipinski definition) is 3. The molecule has 0 saturated heterocycles. The lowest BCUT2D eigenvalue weighted by Crippen LogP contribution is -2.37. The largest absolute Gasteiger partial charge is 0.394 e. The van der Waals surface area contributed by atoms with Crippen LogP contribution >= 0.6 is 11.6 Å². The Hall–Kier alpha value is -1.59. The fourth-order valence-electron chi connectivity index (χ4n) is 1.60. The number of benzene rings is 1. The van der Waals surface area contributed by atoms with Gasteiger partial charge in [-0.1, -0.05) is 32.4 Å². The summed E-state index contributed by atoms with van der Waals surface area (Å²) in [5.41, 5.74) is 0.783. The summed E-state index contributed by atoms with van der Waals surface area (Å²) in [7, 11) is 0. The second-order valence-electron chi connectivity index (χ2n) is 5.10. The maximum atomic E-state index is 12.1. The first-order valence-corrected chi connectivity index (χ1v) is 7.29. The molecule has 0 aliphatic carbocycles. The molecule has 0 heterocycles. The van der Waals surface area contributed by atoms with Gasteiger partial charge in [0, 0.05) is 11.6 Å². The van der Waals surface area contributed by atoms with Gasteiger partial charge in [0.1, 0.15) is 0 Å². The van der Waals surface area contributed by atoms with Crippen LogP contribution in [0.4, 0.5) is 5.69 Å². The molecule has 0 spiro atoms. The van der Waals surface area contributed by atoms with Crippen molar-refractivity contribution in [3.63, 3.8) is 0 Å². The Morgan fingerprint density at radius 2 is 2.00 bits per heavy atom. The maximum Gasteiger partial charge on any atom is 0.253 e. The van der Waals surface area contributed by atoms with Gasteiger partial charge in [-0.15, -0.1) is 0 Å². The Morgan fingerprint density at radius 3 is 2.52 bits per heavy atom. The van der Waals surface area contributed by atoms with Gasteiger partial charge in [0.05, 0.1) is 23.2 Å². The van der Waals surface area contributed by atoms with Crippen LogP contribution in [0.1, 0.15) is 37.6 Å². The summed E-state index contributed by atoms with van der Waals surface area (Å²) < 4.78 is 0. The first kappa shape index (κ1) is 17.5. The van der Waals surface area contributed by atoms with Gasteiger partial charge in [0.15, 0.2) is 0 Å². The van der Waals surface area contributed by atoms with Crippen LogP contribution in [0.15, 0.2) is 18.2 Å². The summed E-state index contributed by atoms with van der Waals surface area (Å²) in [5.74, 6) is -0.663. The molecule has 0 aromatic heterocycles. The molecule has 21 heavy (non-hydrogen) atoms. The van der Waals surface area contributed by atoms with E-state index in [1.54, 1.807) is 26.0 Å². The third-order valence-electron chi connectivity index (χ3n) is 3.05. The monoisotopic (exact) mass is 312 g/mol. The van der Waals surface area contributed by atoms with Crippen molar-refractivity contribution in [3.05, 3.63) is 28.8 Å². The number of anilines is 1. The smallest absolute Gasteiger partial charge is 0.253 e. The first-order valence-electron chi connectivity index (χ1n) is 6.91. The lowest BCUT2D eigenvalue weighted by Gasteiger charge is -2.15. The summed E-state index contributed by atoms with van der Waals surface area (Å²) in [6, 6.07) is 4.42. The summed E-state index contributed by atoms with van der Waals surface area (Å²) in [6.07, 6.45) is 0.615. The third-order valence-corrected chi connectivity index (χ3v) is 3.38. The number of rotatable bonds is 6. The van der Waals surface area contributed by atoms with Crippen molar-refractivity contribution in [2.45, 2.75) is 33.2 Å². The minimum atomic E-state index is -0.374. The van der Waals surface area contributed by atoms with Crippen molar-refractivity contribution in [3.8, 4) is 0 Å². The quantitative estimate of drug-likeness (QED) is 0.755. The molecule has 5 nitrogen and oxygen atoms in total. The molecule has 1 aromatic carbocycles. The average Bonchev–Trinajstić information content (AvgIpc) is 2.46. The standard InChI is InChI=1S/C15H21ClN2O3/c1-4-10(8-19)17-15(21)12-7-11(5-6-13(12)16)18-14(20)9(2)3/h5-7,9-10,19H,4,8H2,1-3H3,(H,17,21)(H,18,20). The van der Waals surface area contributed by atoms with E-state index in [0.29, 0.717) is 17.1 Å². The molecule has 3 N–H and O–H groups in total. The number of aliphatic hydroxyl groups excluding tert-OH is 1. The molecule has 0 aliphatic heterocycles. The van der Waals surface area contributed by atoms with Gasteiger partial charge in [0.25, 0.3) is 5.91 Å². The second kappa shape index (κ2) is 8.00. The van der Waals surface area contributed by atoms with E-state index in [4.69, 9.17) is 16.7 Å². The van der Waals surface area contributed by atoms with Gasteiger partial charge in [-0.25, -0.2) is 0 Å². The molecule has 0 saturated carbocycles. The van der Waals surface area contributed by atoms with E-state index in [-0.39, 0.29) is 35.9 Å². The Morgan fingerprint density at radius 1 is 1.33 bits per heavy atom. The molecule has 1 rings (SSSR count). The molecular formula is C15H21ClN2O3. The highest BCUT2D eigenvalue weighted by Crippen LogP contribution is 2.21. The van der Waals surface area contributed by atoms with Gasteiger partial charge < -0.3 is 15.7 Å². The fraction of sp³-hybridized carbons (Fsp3) is 0.467. The highest BCUT2D eigenvalue weighted by Gasteiger charge is 2.16. The van der Waals surface area contributed by atoms with Gasteiger partial charge in [-0.05, 0) is 24.6 Å². The van der Waals surface area contributed by atoms with Crippen LogP contribution in [0.5, 0.6) is 0 Å². The summed E-state index contributed by atoms with van der Waals surface area (Å²) in [5, 5.41) is 14.8. The van der Waals surface area contributed by atoms with Crippen LogP contribution in [0, 0.1) is 5.92 Å². The minimum absolute atomic E-state index is 0.134. The maximum absolute atomic E-state index is 12.1. The van der Waals surface area contributed by atoms with E-state index >= 15 is 0 Å². The van der Waals surface area contributed by atoms with E-state index in [1.807, 2.05) is 6.92 Å². The molecule has 2 amide bonds. The predicted molar refractivity (Wildman–Crippen MR) is 83.6 cm³/mol. The first-order chi connectivity index (χ1) is 9.88. The molecule has 116 valence electrons. The number of halogens is 1. The van der Waals surface area contributed by atoms with E-state index in [0.717, 1.165) is 0 Å².